The number of nitrogens with zero attached hydrogens (tertiary/aromatic N) is 3. The van der Waals surface area contributed by atoms with Gasteiger partial charge in [0.05, 0.1) is 0 Å². The van der Waals surface area contributed by atoms with Crippen LogP contribution in [0.1, 0.15) is 37.8 Å². The Labute approximate surface area is 131 Å². The number of aromatic nitrogens is 2. The van der Waals surface area contributed by atoms with Crippen molar-refractivity contribution in [3.63, 3.8) is 0 Å². The third kappa shape index (κ3) is 2.57. The van der Waals surface area contributed by atoms with Gasteiger partial charge in [-0.25, -0.2) is 9.97 Å². The van der Waals surface area contributed by atoms with Crippen molar-refractivity contribution in [2.45, 2.75) is 45.1 Å². The predicted octanol–water partition coefficient (Wildman–Crippen LogP) is 1.92. The van der Waals surface area contributed by atoms with Crippen molar-refractivity contribution in [2.24, 2.45) is 17.8 Å². The molecule has 3 aliphatic rings. The zero-order valence-electron chi connectivity index (χ0n) is 13.2. The van der Waals surface area contributed by atoms with E-state index in [1.165, 1.54) is 19.3 Å². The molecule has 2 heterocycles. The molecule has 2 aliphatic carbocycles. The van der Waals surface area contributed by atoms with Crippen molar-refractivity contribution >= 4 is 11.7 Å². The van der Waals surface area contributed by atoms with Crippen LogP contribution in [0.15, 0.2) is 12.4 Å². The van der Waals surface area contributed by atoms with Crippen LogP contribution in [0.4, 0.5) is 5.82 Å². The zero-order chi connectivity index (χ0) is 15.1. The molecule has 2 saturated carbocycles. The molecule has 3 fully saturated rings. The van der Waals surface area contributed by atoms with E-state index in [-0.39, 0.29) is 0 Å². The Morgan fingerprint density at radius 2 is 1.91 bits per heavy atom. The van der Waals surface area contributed by atoms with Gasteiger partial charge in [0.1, 0.15) is 12.1 Å². The number of nitrogens with one attached hydrogen (secondary N) is 1. The van der Waals surface area contributed by atoms with Gasteiger partial charge < -0.3 is 10.2 Å². The molecule has 1 aromatic rings. The Hall–Kier alpha value is -1.65. The number of hydrogen-bond acceptors (Lipinski definition) is 4. The van der Waals surface area contributed by atoms with E-state index in [2.05, 4.69) is 20.2 Å². The standard InChI is InChI=1S/C17H24N4O/c1-11-9-15(19-10-18-11)21-7-5-12(6-8-21)20-17(22)16-13-3-2-4-14(13)16/h9-10,12-14,16H,2-8H2,1H3,(H,20,22). The number of carbonyl (C=O) groups is 1. The summed E-state index contributed by atoms with van der Waals surface area (Å²) in [7, 11) is 0. The van der Waals surface area contributed by atoms with Crippen LogP contribution in [0.2, 0.25) is 0 Å². The molecule has 0 aromatic carbocycles. The van der Waals surface area contributed by atoms with E-state index in [9.17, 15) is 4.79 Å². The summed E-state index contributed by atoms with van der Waals surface area (Å²) in [5, 5.41) is 3.29. The minimum absolute atomic E-state index is 0.325. The lowest BCUT2D eigenvalue weighted by atomic mass is 10.0. The van der Waals surface area contributed by atoms with Gasteiger partial charge in [0.2, 0.25) is 5.91 Å². The molecule has 4 rings (SSSR count). The number of amides is 1. The fourth-order valence-corrected chi connectivity index (χ4v) is 4.37. The van der Waals surface area contributed by atoms with E-state index in [0.717, 1.165) is 37.4 Å². The summed E-state index contributed by atoms with van der Waals surface area (Å²) in [6, 6.07) is 2.37. The molecule has 0 spiro atoms. The van der Waals surface area contributed by atoms with Gasteiger partial charge in [-0.05, 0) is 44.4 Å². The number of hydrogen-bond donors (Lipinski definition) is 1. The van der Waals surface area contributed by atoms with E-state index >= 15 is 0 Å². The molecule has 2 unspecified atom stereocenters. The van der Waals surface area contributed by atoms with Crippen molar-refractivity contribution < 1.29 is 4.79 Å². The summed E-state index contributed by atoms with van der Waals surface area (Å²) in [5.41, 5.74) is 1.00. The van der Waals surface area contributed by atoms with Gasteiger partial charge >= 0.3 is 0 Å². The number of anilines is 1. The molecule has 118 valence electrons. The van der Waals surface area contributed by atoms with Crippen molar-refractivity contribution in [2.75, 3.05) is 18.0 Å². The molecular formula is C17H24N4O. The monoisotopic (exact) mass is 300 g/mol. The molecule has 22 heavy (non-hydrogen) atoms. The molecular weight excluding hydrogens is 276 g/mol. The van der Waals surface area contributed by atoms with Gasteiger partial charge in [-0.3, -0.25) is 4.79 Å². The van der Waals surface area contributed by atoms with Crippen LogP contribution in [0.25, 0.3) is 0 Å². The van der Waals surface area contributed by atoms with E-state index < -0.39 is 0 Å². The number of aryl methyl sites for hydroxylation is 1. The molecule has 5 nitrogen and oxygen atoms in total. The first-order valence-corrected chi connectivity index (χ1v) is 8.56. The van der Waals surface area contributed by atoms with E-state index in [0.29, 0.717) is 29.7 Å². The minimum Gasteiger partial charge on any atom is -0.356 e. The third-order valence-corrected chi connectivity index (χ3v) is 5.66. The van der Waals surface area contributed by atoms with Crippen molar-refractivity contribution in [1.29, 1.82) is 0 Å². The Bertz CT molecular complexity index is 558. The van der Waals surface area contributed by atoms with Crippen molar-refractivity contribution in [3.8, 4) is 0 Å². The van der Waals surface area contributed by atoms with Gasteiger partial charge in [0, 0.05) is 36.8 Å². The average Bonchev–Trinajstić information content (AvgIpc) is 3.01. The molecule has 5 heteroatoms. The molecule has 0 bridgehead atoms. The van der Waals surface area contributed by atoms with Gasteiger partial charge in [-0.15, -0.1) is 0 Å². The number of piperidine rings is 1. The lowest BCUT2D eigenvalue weighted by molar-refractivity contribution is -0.123. The summed E-state index contributed by atoms with van der Waals surface area (Å²) in [4.78, 5) is 23.1. The van der Waals surface area contributed by atoms with Gasteiger partial charge in [0.15, 0.2) is 0 Å². The lowest BCUT2D eigenvalue weighted by Gasteiger charge is -2.33. The molecule has 1 N–H and O–H groups in total. The largest absolute Gasteiger partial charge is 0.356 e. The van der Waals surface area contributed by atoms with Gasteiger partial charge in [-0.2, -0.15) is 0 Å². The first kappa shape index (κ1) is 14.0. The molecule has 1 saturated heterocycles. The Balaban J connectivity index is 1.28. The topological polar surface area (TPSA) is 58.1 Å². The highest BCUT2D eigenvalue weighted by Gasteiger charge is 2.56. The summed E-state index contributed by atoms with van der Waals surface area (Å²) in [5.74, 6) is 3.10. The van der Waals surface area contributed by atoms with Crippen LogP contribution in [0, 0.1) is 24.7 Å². The molecule has 2 atom stereocenters. The average molecular weight is 300 g/mol. The third-order valence-electron chi connectivity index (χ3n) is 5.66. The second kappa shape index (κ2) is 5.52. The maximum Gasteiger partial charge on any atom is 0.223 e. The van der Waals surface area contributed by atoms with Crippen LogP contribution in [-0.2, 0) is 4.79 Å². The fraction of sp³-hybridized carbons (Fsp3) is 0.706. The highest BCUT2D eigenvalue weighted by atomic mass is 16.2. The molecule has 0 radical (unpaired) electrons. The lowest BCUT2D eigenvalue weighted by Crippen LogP contribution is -2.45. The van der Waals surface area contributed by atoms with E-state index in [4.69, 9.17) is 0 Å². The zero-order valence-corrected chi connectivity index (χ0v) is 13.2. The molecule has 1 aromatic heterocycles. The van der Waals surface area contributed by atoms with Crippen molar-refractivity contribution in [3.05, 3.63) is 18.1 Å². The second-order valence-electron chi connectivity index (χ2n) is 7.07. The van der Waals surface area contributed by atoms with Crippen LogP contribution in [0.3, 0.4) is 0 Å². The quantitative estimate of drug-likeness (QED) is 0.926. The van der Waals surface area contributed by atoms with Crippen molar-refractivity contribution in [1.82, 2.24) is 15.3 Å². The predicted molar refractivity (Wildman–Crippen MR) is 84.5 cm³/mol. The van der Waals surface area contributed by atoms with Gasteiger partial charge in [0.25, 0.3) is 0 Å². The van der Waals surface area contributed by atoms with Crippen LogP contribution in [0.5, 0.6) is 0 Å². The Kier molecular flexibility index (Phi) is 3.51. The highest BCUT2D eigenvalue weighted by Crippen LogP contribution is 2.57. The summed E-state index contributed by atoms with van der Waals surface area (Å²) in [6.07, 6.45) is 7.52. The number of carbonyl (C=O) groups excluding carboxylic acids is 1. The second-order valence-corrected chi connectivity index (χ2v) is 7.07. The Morgan fingerprint density at radius 3 is 2.59 bits per heavy atom. The maximum absolute atomic E-state index is 12.3. The van der Waals surface area contributed by atoms with Crippen LogP contribution < -0.4 is 10.2 Å². The van der Waals surface area contributed by atoms with Gasteiger partial charge in [-0.1, -0.05) is 6.42 Å². The van der Waals surface area contributed by atoms with Crippen LogP contribution >= 0.6 is 0 Å². The maximum atomic E-state index is 12.3. The highest BCUT2D eigenvalue weighted by molar-refractivity contribution is 5.82. The number of rotatable bonds is 3. The first-order chi connectivity index (χ1) is 10.7. The number of fused-ring (bicyclic) bond motifs is 1. The fourth-order valence-electron chi connectivity index (χ4n) is 4.37. The van der Waals surface area contributed by atoms with Crippen LogP contribution in [-0.4, -0.2) is 35.0 Å². The van der Waals surface area contributed by atoms with E-state index in [1.807, 2.05) is 13.0 Å². The summed E-state index contributed by atoms with van der Waals surface area (Å²) < 4.78 is 0. The minimum atomic E-state index is 0.325. The van der Waals surface area contributed by atoms with E-state index in [1.54, 1.807) is 6.33 Å². The SMILES string of the molecule is Cc1cc(N2CCC(NC(=O)C3C4CCCC43)CC2)ncn1. The molecule has 1 amide bonds. The normalized spacial score (nSPS) is 31.0. The summed E-state index contributed by atoms with van der Waals surface area (Å²) in [6.45, 7) is 3.91. The summed E-state index contributed by atoms with van der Waals surface area (Å²) >= 11 is 0. The smallest absolute Gasteiger partial charge is 0.223 e. The first-order valence-electron chi connectivity index (χ1n) is 8.56. The Morgan fingerprint density at radius 1 is 1.18 bits per heavy atom. The molecule has 1 aliphatic heterocycles.